The summed E-state index contributed by atoms with van der Waals surface area (Å²) in [7, 11) is 0. The summed E-state index contributed by atoms with van der Waals surface area (Å²) in [5.74, 6) is 0.151. The average molecular weight is 294 g/mol. The van der Waals surface area contributed by atoms with Gasteiger partial charge < -0.3 is 10.2 Å². The van der Waals surface area contributed by atoms with Crippen molar-refractivity contribution in [3.05, 3.63) is 71.3 Å². The minimum Gasteiger partial charge on any atom is -0.336 e. The molecule has 1 N–H and O–H groups in total. The molecule has 2 aromatic rings. The molecule has 1 aliphatic rings. The van der Waals surface area contributed by atoms with Crippen LogP contribution in [0.4, 0.5) is 0 Å². The molecule has 22 heavy (non-hydrogen) atoms. The zero-order chi connectivity index (χ0) is 15.4. The molecule has 1 saturated heterocycles. The fraction of sp³-hybridized carbons (Fsp3) is 0.316. The molecule has 0 saturated carbocycles. The van der Waals surface area contributed by atoms with E-state index in [1.54, 1.807) is 0 Å². The highest BCUT2D eigenvalue weighted by molar-refractivity contribution is 5.95. The summed E-state index contributed by atoms with van der Waals surface area (Å²) in [5, 5.41) is 3.52. The molecule has 1 atom stereocenters. The number of hydrogen-bond acceptors (Lipinski definition) is 2. The van der Waals surface area contributed by atoms with Crippen molar-refractivity contribution in [3.8, 4) is 0 Å². The van der Waals surface area contributed by atoms with E-state index in [0.29, 0.717) is 6.04 Å². The van der Waals surface area contributed by atoms with Gasteiger partial charge in [-0.25, -0.2) is 0 Å². The molecule has 1 fully saturated rings. The molecule has 3 rings (SSSR count). The molecule has 2 aromatic carbocycles. The van der Waals surface area contributed by atoms with E-state index in [1.165, 1.54) is 5.56 Å². The number of benzene rings is 2. The minimum absolute atomic E-state index is 0.151. The van der Waals surface area contributed by atoms with Crippen molar-refractivity contribution in [2.24, 2.45) is 0 Å². The quantitative estimate of drug-likeness (QED) is 0.944. The first-order valence-corrected chi connectivity index (χ1v) is 7.86. The van der Waals surface area contributed by atoms with Crippen molar-refractivity contribution < 1.29 is 4.79 Å². The third-order valence-electron chi connectivity index (χ3n) is 4.24. The average Bonchev–Trinajstić information content (AvgIpc) is 2.56. The van der Waals surface area contributed by atoms with Crippen molar-refractivity contribution in [1.29, 1.82) is 0 Å². The Balaban J connectivity index is 1.68. The number of aryl methyl sites for hydroxylation is 1. The molecule has 1 aliphatic heterocycles. The summed E-state index contributed by atoms with van der Waals surface area (Å²) in [4.78, 5) is 14.7. The van der Waals surface area contributed by atoms with Crippen LogP contribution in [-0.4, -0.2) is 36.5 Å². The predicted molar refractivity (Wildman–Crippen MR) is 89.0 cm³/mol. The van der Waals surface area contributed by atoms with Crippen molar-refractivity contribution in [2.45, 2.75) is 19.4 Å². The van der Waals surface area contributed by atoms with Crippen LogP contribution in [0.5, 0.6) is 0 Å². The maximum atomic E-state index is 12.7. The fourth-order valence-corrected chi connectivity index (χ4v) is 3.03. The molecule has 114 valence electrons. The number of rotatable bonds is 3. The van der Waals surface area contributed by atoms with E-state index in [-0.39, 0.29) is 5.91 Å². The molecular formula is C19H22N2O. The Morgan fingerprint density at radius 3 is 2.64 bits per heavy atom. The number of amides is 1. The van der Waals surface area contributed by atoms with Gasteiger partial charge in [-0.2, -0.15) is 0 Å². The molecule has 0 radical (unpaired) electrons. The zero-order valence-electron chi connectivity index (χ0n) is 13.0. The number of piperazine rings is 1. The Morgan fingerprint density at radius 1 is 1.14 bits per heavy atom. The lowest BCUT2D eigenvalue weighted by atomic mass is 10.0. The third-order valence-corrected chi connectivity index (χ3v) is 4.24. The number of carbonyl (C=O) groups excluding carboxylic acids is 1. The van der Waals surface area contributed by atoms with E-state index in [9.17, 15) is 4.79 Å². The number of hydrogen-bond donors (Lipinski definition) is 1. The third kappa shape index (κ3) is 3.37. The monoisotopic (exact) mass is 294 g/mol. The van der Waals surface area contributed by atoms with Gasteiger partial charge in [0, 0.05) is 31.2 Å². The van der Waals surface area contributed by atoms with Gasteiger partial charge in [-0.15, -0.1) is 0 Å². The predicted octanol–water partition coefficient (Wildman–Crippen LogP) is 2.65. The first-order chi connectivity index (χ1) is 10.7. The molecule has 3 heteroatoms. The van der Waals surface area contributed by atoms with Crippen molar-refractivity contribution >= 4 is 5.91 Å². The maximum Gasteiger partial charge on any atom is 0.254 e. The SMILES string of the molecule is Cc1ccccc1C(=O)N1CCNC(Cc2ccccc2)C1. The number of nitrogens with zero attached hydrogens (tertiary/aromatic N) is 1. The molecule has 0 aliphatic carbocycles. The van der Waals surface area contributed by atoms with Crippen molar-refractivity contribution in [3.63, 3.8) is 0 Å². The molecular weight excluding hydrogens is 272 g/mol. The lowest BCUT2D eigenvalue weighted by Crippen LogP contribution is -2.53. The molecule has 0 aromatic heterocycles. The van der Waals surface area contributed by atoms with Crippen LogP contribution in [-0.2, 0) is 6.42 Å². The Bertz CT molecular complexity index is 639. The van der Waals surface area contributed by atoms with E-state index in [2.05, 4.69) is 29.6 Å². The summed E-state index contributed by atoms with van der Waals surface area (Å²) in [6.07, 6.45) is 0.957. The molecule has 1 heterocycles. The topological polar surface area (TPSA) is 32.3 Å². The molecule has 0 bridgehead atoms. The van der Waals surface area contributed by atoms with Crippen molar-refractivity contribution in [1.82, 2.24) is 10.2 Å². The second-order valence-electron chi connectivity index (χ2n) is 5.91. The highest BCUT2D eigenvalue weighted by Crippen LogP contribution is 2.14. The Hall–Kier alpha value is -2.13. The van der Waals surface area contributed by atoms with Gasteiger partial charge in [-0.3, -0.25) is 4.79 Å². The minimum atomic E-state index is 0.151. The van der Waals surface area contributed by atoms with Crippen LogP contribution in [0, 0.1) is 6.92 Å². The van der Waals surface area contributed by atoms with Crippen LogP contribution < -0.4 is 5.32 Å². The largest absolute Gasteiger partial charge is 0.336 e. The lowest BCUT2D eigenvalue weighted by molar-refractivity contribution is 0.0702. The van der Waals surface area contributed by atoms with Crippen LogP contribution in [0.3, 0.4) is 0 Å². The van der Waals surface area contributed by atoms with Crippen LogP contribution in [0.1, 0.15) is 21.5 Å². The number of carbonyl (C=O) groups is 1. The highest BCUT2D eigenvalue weighted by atomic mass is 16.2. The first-order valence-electron chi connectivity index (χ1n) is 7.86. The van der Waals surface area contributed by atoms with Gasteiger partial charge in [0.05, 0.1) is 0 Å². The Labute approximate surface area is 132 Å². The molecule has 1 unspecified atom stereocenters. The van der Waals surface area contributed by atoms with Gasteiger partial charge in [0.2, 0.25) is 0 Å². The van der Waals surface area contributed by atoms with Gasteiger partial charge in [0.25, 0.3) is 5.91 Å². The van der Waals surface area contributed by atoms with Crippen LogP contribution >= 0.6 is 0 Å². The fourth-order valence-electron chi connectivity index (χ4n) is 3.03. The van der Waals surface area contributed by atoms with E-state index in [4.69, 9.17) is 0 Å². The second-order valence-corrected chi connectivity index (χ2v) is 5.91. The summed E-state index contributed by atoms with van der Waals surface area (Å²) >= 11 is 0. The summed E-state index contributed by atoms with van der Waals surface area (Å²) in [6, 6.07) is 18.6. The standard InChI is InChI=1S/C19H22N2O/c1-15-7-5-6-10-18(15)19(22)21-12-11-20-17(14-21)13-16-8-3-2-4-9-16/h2-10,17,20H,11-14H2,1H3. The lowest BCUT2D eigenvalue weighted by Gasteiger charge is -2.34. The van der Waals surface area contributed by atoms with Gasteiger partial charge in [0.1, 0.15) is 0 Å². The smallest absolute Gasteiger partial charge is 0.254 e. The molecule has 3 nitrogen and oxygen atoms in total. The zero-order valence-corrected chi connectivity index (χ0v) is 13.0. The summed E-state index contributed by atoms with van der Waals surface area (Å²) in [5.41, 5.74) is 3.18. The maximum absolute atomic E-state index is 12.7. The van der Waals surface area contributed by atoms with Crippen LogP contribution in [0.2, 0.25) is 0 Å². The Morgan fingerprint density at radius 2 is 1.86 bits per heavy atom. The highest BCUT2D eigenvalue weighted by Gasteiger charge is 2.24. The van der Waals surface area contributed by atoms with E-state index in [1.807, 2.05) is 42.2 Å². The van der Waals surface area contributed by atoms with Gasteiger partial charge in [-0.05, 0) is 30.5 Å². The normalized spacial score (nSPS) is 18.2. The summed E-state index contributed by atoms with van der Waals surface area (Å²) in [6.45, 7) is 4.40. The van der Waals surface area contributed by atoms with E-state index in [0.717, 1.165) is 37.2 Å². The van der Waals surface area contributed by atoms with Crippen LogP contribution in [0.25, 0.3) is 0 Å². The van der Waals surface area contributed by atoms with E-state index >= 15 is 0 Å². The van der Waals surface area contributed by atoms with Crippen LogP contribution in [0.15, 0.2) is 54.6 Å². The van der Waals surface area contributed by atoms with Crippen molar-refractivity contribution in [2.75, 3.05) is 19.6 Å². The van der Waals surface area contributed by atoms with Gasteiger partial charge in [0.15, 0.2) is 0 Å². The molecule has 0 spiro atoms. The number of nitrogens with one attached hydrogen (secondary N) is 1. The second kappa shape index (κ2) is 6.75. The van der Waals surface area contributed by atoms with Gasteiger partial charge >= 0.3 is 0 Å². The first kappa shape index (κ1) is 14.8. The molecule has 1 amide bonds. The van der Waals surface area contributed by atoms with Gasteiger partial charge in [-0.1, -0.05) is 48.5 Å². The summed E-state index contributed by atoms with van der Waals surface area (Å²) < 4.78 is 0. The van der Waals surface area contributed by atoms with E-state index < -0.39 is 0 Å². The Kier molecular flexibility index (Phi) is 4.54.